The highest BCUT2D eigenvalue weighted by Gasteiger charge is 2.06. The van der Waals surface area contributed by atoms with Crippen LogP contribution < -0.4 is 5.32 Å². The van der Waals surface area contributed by atoms with Gasteiger partial charge in [-0.05, 0) is 68.9 Å². The smallest absolute Gasteiger partial charge is 0.257 e. The maximum absolute atomic E-state index is 11.9. The lowest BCUT2D eigenvalue weighted by molar-refractivity contribution is 0.102. The molecule has 1 aromatic heterocycles. The summed E-state index contributed by atoms with van der Waals surface area (Å²) < 4.78 is 1.91. The highest BCUT2D eigenvalue weighted by molar-refractivity contribution is 14.1. The van der Waals surface area contributed by atoms with Crippen LogP contribution in [0.2, 0.25) is 0 Å². The van der Waals surface area contributed by atoms with E-state index < -0.39 is 0 Å². The minimum Gasteiger partial charge on any atom is -0.322 e. The molecule has 1 aromatic carbocycles. The third-order valence-corrected chi connectivity index (χ3v) is 3.22. The van der Waals surface area contributed by atoms with Gasteiger partial charge in [0.05, 0.1) is 5.56 Å². The molecule has 0 atom stereocenters. The van der Waals surface area contributed by atoms with Crippen molar-refractivity contribution in [3.05, 3.63) is 56.3 Å². The van der Waals surface area contributed by atoms with Gasteiger partial charge in [0.15, 0.2) is 0 Å². The van der Waals surface area contributed by atoms with Crippen molar-refractivity contribution in [1.82, 2.24) is 4.98 Å². The zero-order valence-corrected chi connectivity index (χ0v) is 12.4. The molecule has 5 heteroatoms. The molecule has 1 amide bonds. The predicted molar refractivity (Wildman–Crippen MR) is 79.0 cm³/mol. The molecule has 0 unspecified atom stereocenters. The van der Waals surface area contributed by atoms with Crippen LogP contribution in [0.15, 0.2) is 47.2 Å². The van der Waals surface area contributed by atoms with Crippen molar-refractivity contribution in [3.63, 3.8) is 0 Å². The van der Waals surface area contributed by atoms with Gasteiger partial charge < -0.3 is 5.32 Å². The van der Waals surface area contributed by atoms with E-state index in [1.807, 2.05) is 24.3 Å². The Balaban J connectivity index is 2.14. The molecule has 0 fully saturated rings. The highest BCUT2D eigenvalue weighted by atomic mass is 127. The second kappa shape index (κ2) is 5.59. The summed E-state index contributed by atoms with van der Waals surface area (Å²) in [6.07, 6.45) is 3.18. The van der Waals surface area contributed by atoms with Gasteiger partial charge in [-0.3, -0.25) is 9.78 Å². The van der Waals surface area contributed by atoms with Gasteiger partial charge in [0.25, 0.3) is 5.91 Å². The van der Waals surface area contributed by atoms with Crippen LogP contribution in [0.5, 0.6) is 0 Å². The third-order valence-electron chi connectivity index (χ3n) is 2.07. The molecule has 0 saturated heterocycles. The van der Waals surface area contributed by atoms with Gasteiger partial charge in [0.2, 0.25) is 0 Å². The molecule has 1 N–H and O–H groups in total. The van der Waals surface area contributed by atoms with E-state index in [1.54, 1.807) is 12.3 Å². The van der Waals surface area contributed by atoms with Gasteiger partial charge in [-0.2, -0.15) is 0 Å². The average molecular weight is 403 g/mol. The lowest BCUT2D eigenvalue weighted by Crippen LogP contribution is -2.12. The Labute approximate surface area is 121 Å². The predicted octanol–water partition coefficient (Wildman–Crippen LogP) is 3.70. The SMILES string of the molecule is O=C(Nc1ccc(I)cc1)c1cncc(Br)c1. The fraction of sp³-hybridized carbons (Fsp3) is 0. The first-order chi connectivity index (χ1) is 8.15. The van der Waals surface area contributed by atoms with Crippen LogP contribution in [0.3, 0.4) is 0 Å². The monoisotopic (exact) mass is 402 g/mol. The normalized spacial score (nSPS) is 10.0. The lowest BCUT2D eigenvalue weighted by Gasteiger charge is -2.05. The topological polar surface area (TPSA) is 42.0 Å². The molecule has 0 aliphatic heterocycles. The molecule has 0 radical (unpaired) electrons. The molecule has 3 nitrogen and oxygen atoms in total. The standard InChI is InChI=1S/C12H8BrIN2O/c13-9-5-8(6-15-7-9)12(17)16-11-3-1-10(14)2-4-11/h1-7H,(H,16,17). The Hall–Kier alpha value is -0.950. The van der Waals surface area contributed by atoms with Crippen LogP contribution in [0.25, 0.3) is 0 Å². The summed E-state index contributed by atoms with van der Waals surface area (Å²) >= 11 is 5.50. The molecular formula is C12H8BrIN2O. The van der Waals surface area contributed by atoms with E-state index in [0.29, 0.717) is 5.56 Å². The van der Waals surface area contributed by atoms with Crippen LogP contribution in [-0.4, -0.2) is 10.9 Å². The Morgan fingerprint density at radius 2 is 1.94 bits per heavy atom. The summed E-state index contributed by atoms with van der Waals surface area (Å²) in [6.45, 7) is 0. The zero-order valence-electron chi connectivity index (χ0n) is 8.65. The van der Waals surface area contributed by atoms with E-state index in [4.69, 9.17) is 0 Å². The molecule has 0 spiro atoms. The molecule has 2 rings (SSSR count). The number of benzene rings is 1. The van der Waals surface area contributed by atoms with E-state index >= 15 is 0 Å². The summed E-state index contributed by atoms with van der Waals surface area (Å²) in [5, 5.41) is 2.81. The maximum Gasteiger partial charge on any atom is 0.257 e. The average Bonchev–Trinajstić information content (AvgIpc) is 2.32. The minimum atomic E-state index is -0.167. The van der Waals surface area contributed by atoms with E-state index in [0.717, 1.165) is 13.7 Å². The molecule has 0 bridgehead atoms. The van der Waals surface area contributed by atoms with E-state index in [9.17, 15) is 4.79 Å². The maximum atomic E-state index is 11.9. The van der Waals surface area contributed by atoms with Crippen LogP contribution in [0.4, 0.5) is 5.69 Å². The first kappa shape index (κ1) is 12.5. The number of anilines is 1. The number of hydrogen-bond acceptors (Lipinski definition) is 2. The van der Waals surface area contributed by atoms with E-state index in [1.165, 1.54) is 6.20 Å². The van der Waals surface area contributed by atoms with Gasteiger partial charge >= 0.3 is 0 Å². The van der Waals surface area contributed by atoms with Gasteiger partial charge in [-0.1, -0.05) is 0 Å². The summed E-state index contributed by atoms with van der Waals surface area (Å²) in [4.78, 5) is 15.8. The number of carbonyl (C=O) groups excluding carboxylic acids is 1. The Bertz CT molecular complexity index is 542. The van der Waals surface area contributed by atoms with Crippen molar-refractivity contribution >= 4 is 50.1 Å². The van der Waals surface area contributed by atoms with Gasteiger partial charge in [-0.25, -0.2) is 0 Å². The van der Waals surface area contributed by atoms with Crippen molar-refractivity contribution in [2.24, 2.45) is 0 Å². The zero-order chi connectivity index (χ0) is 12.3. The number of halogens is 2. The number of nitrogens with zero attached hydrogens (tertiary/aromatic N) is 1. The first-order valence-electron chi connectivity index (χ1n) is 4.82. The van der Waals surface area contributed by atoms with Crippen LogP contribution in [0, 0.1) is 3.57 Å². The van der Waals surface area contributed by atoms with Crippen molar-refractivity contribution in [1.29, 1.82) is 0 Å². The van der Waals surface area contributed by atoms with Crippen molar-refractivity contribution < 1.29 is 4.79 Å². The molecule has 1 heterocycles. The molecular weight excluding hydrogens is 395 g/mol. The van der Waals surface area contributed by atoms with Crippen molar-refractivity contribution in [3.8, 4) is 0 Å². The molecule has 86 valence electrons. The van der Waals surface area contributed by atoms with E-state index in [2.05, 4.69) is 48.8 Å². The second-order valence-electron chi connectivity index (χ2n) is 3.35. The number of carbonyl (C=O) groups is 1. The van der Waals surface area contributed by atoms with E-state index in [-0.39, 0.29) is 5.91 Å². The first-order valence-corrected chi connectivity index (χ1v) is 6.70. The van der Waals surface area contributed by atoms with Gasteiger partial charge in [0.1, 0.15) is 0 Å². The third kappa shape index (κ3) is 3.50. The number of amides is 1. The summed E-state index contributed by atoms with van der Waals surface area (Å²) in [5.74, 6) is -0.167. The fourth-order valence-electron chi connectivity index (χ4n) is 1.27. The minimum absolute atomic E-state index is 0.167. The quantitative estimate of drug-likeness (QED) is 0.778. The van der Waals surface area contributed by atoms with Gasteiger partial charge in [0, 0.05) is 26.1 Å². The highest BCUT2D eigenvalue weighted by Crippen LogP contribution is 2.14. The van der Waals surface area contributed by atoms with Crippen molar-refractivity contribution in [2.45, 2.75) is 0 Å². The summed E-state index contributed by atoms with van der Waals surface area (Å²) in [7, 11) is 0. The summed E-state index contributed by atoms with van der Waals surface area (Å²) in [5.41, 5.74) is 1.30. The Kier molecular flexibility index (Phi) is 4.11. The number of nitrogens with one attached hydrogen (secondary N) is 1. The molecule has 2 aromatic rings. The number of aromatic nitrogens is 1. The Morgan fingerprint density at radius 3 is 2.59 bits per heavy atom. The lowest BCUT2D eigenvalue weighted by atomic mass is 10.2. The molecule has 0 aliphatic carbocycles. The summed E-state index contributed by atoms with van der Waals surface area (Å²) in [6, 6.07) is 9.34. The second-order valence-corrected chi connectivity index (χ2v) is 5.51. The number of rotatable bonds is 2. The van der Waals surface area contributed by atoms with Gasteiger partial charge in [-0.15, -0.1) is 0 Å². The fourth-order valence-corrected chi connectivity index (χ4v) is 2.00. The molecule has 0 saturated carbocycles. The Morgan fingerprint density at radius 1 is 1.24 bits per heavy atom. The van der Waals surface area contributed by atoms with Crippen LogP contribution >= 0.6 is 38.5 Å². The number of pyridine rings is 1. The van der Waals surface area contributed by atoms with Crippen LogP contribution in [0.1, 0.15) is 10.4 Å². The van der Waals surface area contributed by atoms with Crippen molar-refractivity contribution in [2.75, 3.05) is 5.32 Å². The molecule has 17 heavy (non-hydrogen) atoms. The van der Waals surface area contributed by atoms with Crippen LogP contribution in [-0.2, 0) is 0 Å². The molecule has 0 aliphatic rings. The number of hydrogen-bond donors (Lipinski definition) is 1. The largest absolute Gasteiger partial charge is 0.322 e.